The van der Waals surface area contributed by atoms with Gasteiger partial charge >= 0.3 is 5.97 Å². The highest BCUT2D eigenvalue weighted by atomic mass is 32.1. The van der Waals surface area contributed by atoms with Crippen LogP contribution in [0.1, 0.15) is 31.1 Å². The number of aromatic nitrogens is 1. The fraction of sp³-hybridized carbons (Fsp3) is 0.261. The molecule has 2 atom stereocenters. The van der Waals surface area contributed by atoms with Crippen molar-refractivity contribution in [1.82, 2.24) is 10.3 Å². The molecule has 1 aromatic heterocycles. The van der Waals surface area contributed by atoms with Crippen LogP contribution in [0.3, 0.4) is 0 Å². The monoisotopic (exact) mass is 424 g/mol. The summed E-state index contributed by atoms with van der Waals surface area (Å²) in [6.07, 6.45) is -0.873. The molecule has 0 aliphatic rings. The summed E-state index contributed by atoms with van der Waals surface area (Å²) in [6, 6.07) is 17.0. The van der Waals surface area contributed by atoms with Gasteiger partial charge in [0.2, 0.25) is 0 Å². The van der Waals surface area contributed by atoms with Crippen molar-refractivity contribution in [3.63, 3.8) is 0 Å². The lowest BCUT2D eigenvalue weighted by molar-refractivity contribution is -0.154. The molecule has 7 heteroatoms. The minimum Gasteiger partial charge on any atom is -0.497 e. The number of esters is 1. The van der Waals surface area contributed by atoms with Crippen molar-refractivity contribution in [1.29, 1.82) is 0 Å². The molecular formula is C23H24N2O4S. The second-order valence-corrected chi connectivity index (χ2v) is 7.68. The van der Waals surface area contributed by atoms with Crippen molar-refractivity contribution < 1.29 is 19.1 Å². The summed E-state index contributed by atoms with van der Waals surface area (Å²) in [4.78, 5) is 29.1. The number of thiazole rings is 1. The number of benzene rings is 2. The van der Waals surface area contributed by atoms with Gasteiger partial charge in [0.05, 0.1) is 25.3 Å². The minimum atomic E-state index is -0.886. The molecule has 0 fully saturated rings. The number of nitrogens with one attached hydrogen (secondary N) is 1. The van der Waals surface area contributed by atoms with Crippen molar-refractivity contribution in [3.8, 4) is 16.3 Å². The SMILES string of the molecule is COc1ccc(-c2nc(CC(=O)OC(C)C(=O)NC(C)c3ccccc3)cs2)cc1. The molecule has 1 amide bonds. The number of carbonyl (C=O) groups excluding carboxylic acids is 2. The number of amides is 1. The number of ether oxygens (including phenoxy) is 2. The van der Waals surface area contributed by atoms with Crippen LogP contribution < -0.4 is 10.1 Å². The summed E-state index contributed by atoms with van der Waals surface area (Å²) in [7, 11) is 1.62. The molecule has 30 heavy (non-hydrogen) atoms. The Morgan fingerprint density at radius 1 is 1.07 bits per heavy atom. The Hall–Kier alpha value is -3.19. The normalized spacial score (nSPS) is 12.6. The maximum atomic E-state index is 12.3. The van der Waals surface area contributed by atoms with E-state index in [1.54, 1.807) is 14.0 Å². The predicted octanol–water partition coefficient (Wildman–Crippen LogP) is 4.17. The summed E-state index contributed by atoms with van der Waals surface area (Å²) in [5, 5.41) is 5.49. The zero-order valence-electron chi connectivity index (χ0n) is 17.1. The molecule has 0 saturated heterocycles. The van der Waals surface area contributed by atoms with Crippen molar-refractivity contribution in [3.05, 3.63) is 71.2 Å². The lowest BCUT2D eigenvalue weighted by Crippen LogP contribution is -2.37. The number of nitrogens with zero attached hydrogens (tertiary/aromatic N) is 1. The van der Waals surface area contributed by atoms with Crippen LogP contribution in [0.15, 0.2) is 60.0 Å². The van der Waals surface area contributed by atoms with Crippen molar-refractivity contribution in [2.45, 2.75) is 32.4 Å². The first-order chi connectivity index (χ1) is 14.5. The van der Waals surface area contributed by atoms with E-state index in [9.17, 15) is 9.59 Å². The van der Waals surface area contributed by atoms with Gasteiger partial charge in [-0.2, -0.15) is 0 Å². The number of rotatable bonds is 8. The van der Waals surface area contributed by atoms with E-state index < -0.39 is 12.1 Å². The first-order valence-corrected chi connectivity index (χ1v) is 10.5. The Balaban J connectivity index is 1.52. The molecule has 3 aromatic rings. The standard InChI is InChI=1S/C23H24N2O4S/c1-15(17-7-5-4-6-8-17)24-22(27)16(2)29-21(26)13-19-14-30-23(25-19)18-9-11-20(28-3)12-10-18/h4-12,14-16H,13H2,1-3H3,(H,24,27). The van der Waals surface area contributed by atoms with E-state index in [0.717, 1.165) is 21.9 Å². The van der Waals surface area contributed by atoms with E-state index in [1.807, 2.05) is 66.9 Å². The van der Waals surface area contributed by atoms with E-state index in [2.05, 4.69) is 10.3 Å². The molecule has 1 N–H and O–H groups in total. The van der Waals surface area contributed by atoms with Gasteiger partial charge in [-0.25, -0.2) is 4.98 Å². The van der Waals surface area contributed by atoms with Gasteiger partial charge < -0.3 is 14.8 Å². The molecule has 2 unspecified atom stereocenters. The van der Waals surface area contributed by atoms with E-state index >= 15 is 0 Å². The molecule has 1 heterocycles. The maximum Gasteiger partial charge on any atom is 0.312 e. The third kappa shape index (κ3) is 5.67. The van der Waals surface area contributed by atoms with Crippen molar-refractivity contribution in [2.75, 3.05) is 7.11 Å². The number of methoxy groups -OCH3 is 1. The quantitative estimate of drug-likeness (QED) is 0.549. The molecule has 0 bridgehead atoms. The Labute approximate surface area is 179 Å². The Kier molecular flexibility index (Phi) is 7.19. The summed E-state index contributed by atoms with van der Waals surface area (Å²) >= 11 is 1.45. The van der Waals surface area contributed by atoms with Crippen molar-refractivity contribution in [2.24, 2.45) is 0 Å². The zero-order valence-corrected chi connectivity index (χ0v) is 17.9. The molecule has 0 spiro atoms. The largest absolute Gasteiger partial charge is 0.497 e. The first kappa shape index (κ1) is 21.5. The van der Waals surface area contributed by atoms with Gasteiger partial charge in [0.25, 0.3) is 5.91 Å². The molecule has 0 radical (unpaired) electrons. The van der Waals surface area contributed by atoms with Gasteiger partial charge in [-0.05, 0) is 43.7 Å². The molecule has 6 nitrogen and oxygen atoms in total. The third-order valence-corrected chi connectivity index (χ3v) is 5.49. The van der Waals surface area contributed by atoms with Crippen molar-refractivity contribution >= 4 is 23.2 Å². The summed E-state index contributed by atoms with van der Waals surface area (Å²) in [5.74, 6) is -0.0542. The summed E-state index contributed by atoms with van der Waals surface area (Å²) in [6.45, 7) is 3.45. The van der Waals surface area contributed by atoms with E-state index in [-0.39, 0.29) is 18.4 Å². The molecule has 0 aliphatic heterocycles. The van der Waals surface area contributed by atoms with Crippen LogP contribution in [0, 0.1) is 0 Å². The lowest BCUT2D eigenvalue weighted by atomic mass is 10.1. The molecule has 0 aliphatic carbocycles. The summed E-state index contributed by atoms with van der Waals surface area (Å²) in [5.41, 5.74) is 2.54. The van der Waals surface area contributed by atoms with Crippen LogP contribution in [-0.4, -0.2) is 30.1 Å². The molecule has 156 valence electrons. The van der Waals surface area contributed by atoms with Crippen LogP contribution in [-0.2, 0) is 20.7 Å². The first-order valence-electron chi connectivity index (χ1n) is 9.60. The minimum absolute atomic E-state index is 0.0124. The highest BCUT2D eigenvalue weighted by Crippen LogP contribution is 2.26. The number of hydrogen-bond acceptors (Lipinski definition) is 6. The maximum absolute atomic E-state index is 12.3. The lowest BCUT2D eigenvalue weighted by Gasteiger charge is -2.18. The molecule has 2 aromatic carbocycles. The molecular weight excluding hydrogens is 400 g/mol. The fourth-order valence-corrected chi connectivity index (χ4v) is 3.68. The van der Waals surface area contributed by atoms with E-state index in [4.69, 9.17) is 9.47 Å². The van der Waals surface area contributed by atoms with Crippen LogP contribution in [0.5, 0.6) is 5.75 Å². The van der Waals surface area contributed by atoms with E-state index in [0.29, 0.717) is 5.69 Å². The number of carbonyl (C=O) groups is 2. The second kappa shape index (κ2) is 10.0. The summed E-state index contributed by atoms with van der Waals surface area (Å²) < 4.78 is 10.5. The van der Waals surface area contributed by atoms with Gasteiger partial charge in [0.1, 0.15) is 10.8 Å². The third-order valence-electron chi connectivity index (χ3n) is 4.55. The van der Waals surface area contributed by atoms with Gasteiger partial charge in [-0.3, -0.25) is 9.59 Å². The van der Waals surface area contributed by atoms with Gasteiger partial charge in [-0.1, -0.05) is 30.3 Å². The topological polar surface area (TPSA) is 77.5 Å². The highest BCUT2D eigenvalue weighted by Gasteiger charge is 2.21. The Morgan fingerprint density at radius 2 is 1.77 bits per heavy atom. The zero-order chi connectivity index (χ0) is 21.5. The van der Waals surface area contributed by atoms with Crippen LogP contribution in [0.2, 0.25) is 0 Å². The highest BCUT2D eigenvalue weighted by molar-refractivity contribution is 7.13. The number of hydrogen-bond donors (Lipinski definition) is 1. The van der Waals surface area contributed by atoms with Gasteiger partial charge in [0, 0.05) is 10.9 Å². The van der Waals surface area contributed by atoms with Gasteiger partial charge in [-0.15, -0.1) is 11.3 Å². The predicted molar refractivity (Wildman–Crippen MR) is 116 cm³/mol. The average Bonchev–Trinajstić information content (AvgIpc) is 3.22. The smallest absolute Gasteiger partial charge is 0.312 e. The van der Waals surface area contributed by atoms with E-state index in [1.165, 1.54) is 11.3 Å². The van der Waals surface area contributed by atoms with Crippen LogP contribution in [0.4, 0.5) is 0 Å². The molecule has 3 rings (SSSR count). The average molecular weight is 425 g/mol. The van der Waals surface area contributed by atoms with Gasteiger partial charge in [0.15, 0.2) is 6.10 Å². The Bertz CT molecular complexity index is 986. The van der Waals surface area contributed by atoms with Crippen LogP contribution >= 0.6 is 11.3 Å². The molecule has 0 saturated carbocycles. The second-order valence-electron chi connectivity index (χ2n) is 6.82. The Morgan fingerprint density at radius 3 is 2.43 bits per heavy atom. The van der Waals surface area contributed by atoms with Crippen LogP contribution in [0.25, 0.3) is 10.6 Å². The fourth-order valence-electron chi connectivity index (χ4n) is 2.85.